The van der Waals surface area contributed by atoms with Crippen LogP contribution in [0.25, 0.3) is 0 Å². The van der Waals surface area contributed by atoms with E-state index >= 15 is 0 Å². The molecule has 0 saturated heterocycles. The molecule has 0 aliphatic heterocycles. The van der Waals surface area contributed by atoms with Gasteiger partial charge in [-0.25, -0.2) is 5.84 Å². The molecule has 0 radical (unpaired) electrons. The molecule has 0 atom stereocenters. The lowest BCUT2D eigenvalue weighted by molar-refractivity contribution is 1.13. The Bertz CT molecular complexity index is 343. The van der Waals surface area contributed by atoms with E-state index in [9.17, 15) is 0 Å². The maximum atomic E-state index is 5.76. The minimum Gasteiger partial charge on any atom is -0.375 e. The minimum atomic E-state index is 0.0680. The van der Waals surface area contributed by atoms with Crippen LogP contribution >= 0.6 is 35.4 Å². The average Bonchev–Trinajstić information content (AvgIpc) is 2.08. The molecule has 4 N–H and O–H groups in total. The van der Waals surface area contributed by atoms with Gasteiger partial charge in [0.15, 0.2) is 5.11 Å². The Morgan fingerprint density at radius 1 is 1.31 bits per heavy atom. The second-order valence-electron chi connectivity index (χ2n) is 2.31. The Labute approximate surface area is 91.2 Å². The van der Waals surface area contributed by atoms with Gasteiger partial charge in [0.1, 0.15) is 0 Å². The summed E-state index contributed by atoms with van der Waals surface area (Å²) in [5.74, 6) is 5.52. The van der Waals surface area contributed by atoms with Crippen LogP contribution in [0.5, 0.6) is 0 Å². The van der Waals surface area contributed by atoms with Crippen LogP contribution in [-0.4, -0.2) is 5.11 Å². The van der Waals surface area contributed by atoms with Crippen molar-refractivity contribution in [2.75, 3.05) is 5.01 Å². The molecule has 0 aliphatic rings. The number of anilines is 1. The summed E-state index contributed by atoms with van der Waals surface area (Å²) >= 11 is 16.2. The Morgan fingerprint density at radius 2 is 1.92 bits per heavy atom. The SMILES string of the molecule is NC(=S)N(N)c1ccc(Cl)c(Cl)c1. The van der Waals surface area contributed by atoms with Crippen LogP contribution in [0, 0.1) is 0 Å². The second-order valence-corrected chi connectivity index (χ2v) is 3.54. The number of hydrogen-bond donors (Lipinski definition) is 2. The van der Waals surface area contributed by atoms with Gasteiger partial charge in [-0.3, -0.25) is 5.01 Å². The zero-order chi connectivity index (χ0) is 10.0. The average molecular weight is 236 g/mol. The quantitative estimate of drug-likeness (QED) is 0.444. The molecule has 3 nitrogen and oxygen atoms in total. The van der Waals surface area contributed by atoms with E-state index in [4.69, 9.17) is 34.8 Å². The third-order valence-corrected chi connectivity index (χ3v) is 2.35. The summed E-state index contributed by atoms with van der Waals surface area (Å²) in [6.45, 7) is 0. The molecule has 0 fully saturated rings. The Balaban J connectivity index is 3.03. The summed E-state index contributed by atoms with van der Waals surface area (Å²) in [5.41, 5.74) is 5.91. The Hall–Kier alpha value is -0.550. The highest BCUT2D eigenvalue weighted by Crippen LogP contribution is 2.25. The van der Waals surface area contributed by atoms with E-state index in [1.807, 2.05) is 0 Å². The third kappa shape index (κ3) is 2.45. The number of halogens is 2. The standard InChI is InChI=1S/C7H7Cl2N3S/c8-5-2-1-4(3-6(5)9)12(11)7(10)13/h1-3H,11H2,(H2,10,13). The summed E-state index contributed by atoms with van der Waals surface area (Å²) in [7, 11) is 0. The molecule has 0 aromatic heterocycles. The Kier molecular flexibility index (Phi) is 3.33. The lowest BCUT2D eigenvalue weighted by atomic mass is 10.3. The second kappa shape index (κ2) is 4.11. The predicted octanol–water partition coefficient (Wildman–Crippen LogP) is 1.92. The smallest absolute Gasteiger partial charge is 0.185 e. The van der Waals surface area contributed by atoms with Gasteiger partial charge in [-0.05, 0) is 30.4 Å². The highest BCUT2D eigenvalue weighted by Gasteiger charge is 2.05. The van der Waals surface area contributed by atoms with Gasteiger partial charge >= 0.3 is 0 Å². The van der Waals surface area contributed by atoms with Gasteiger partial charge < -0.3 is 5.73 Å². The fraction of sp³-hybridized carbons (Fsp3) is 0. The number of thiocarbonyl (C=S) groups is 1. The van der Waals surface area contributed by atoms with Crippen molar-refractivity contribution in [3.8, 4) is 0 Å². The first-order valence-electron chi connectivity index (χ1n) is 3.31. The number of hydrazine groups is 1. The number of nitrogens with two attached hydrogens (primary N) is 2. The molecule has 0 unspecified atom stereocenters. The first-order valence-corrected chi connectivity index (χ1v) is 4.48. The van der Waals surface area contributed by atoms with Crippen molar-refractivity contribution >= 4 is 46.2 Å². The van der Waals surface area contributed by atoms with E-state index in [1.54, 1.807) is 18.2 Å². The highest BCUT2D eigenvalue weighted by atomic mass is 35.5. The Morgan fingerprint density at radius 3 is 2.38 bits per heavy atom. The van der Waals surface area contributed by atoms with E-state index in [-0.39, 0.29) is 5.11 Å². The number of hydrogen-bond acceptors (Lipinski definition) is 2. The number of nitrogens with zero attached hydrogens (tertiary/aromatic N) is 1. The molecule has 0 amide bonds. The van der Waals surface area contributed by atoms with E-state index in [2.05, 4.69) is 12.2 Å². The molecule has 6 heteroatoms. The van der Waals surface area contributed by atoms with Crippen LogP contribution < -0.4 is 16.6 Å². The first kappa shape index (κ1) is 10.5. The largest absolute Gasteiger partial charge is 0.375 e. The zero-order valence-corrected chi connectivity index (χ0v) is 8.83. The molecular weight excluding hydrogens is 229 g/mol. The molecule has 0 heterocycles. The fourth-order valence-corrected chi connectivity index (χ4v) is 1.16. The molecule has 1 aromatic carbocycles. The maximum Gasteiger partial charge on any atom is 0.185 e. The fourth-order valence-electron chi connectivity index (χ4n) is 0.762. The van der Waals surface area contributed by atoms with Crippen LogP contribution in [0.1, 0.15) is 0 Å². The van der Waals surface area contributed by atoms with E-state index in [1.165, 1.54) is 0 Å². The van der Waals surface area contributed by atoms with E-state index < -0.39 is 0 Å². The molecule has 0 saturated carbocycles. The van der Waals surface area contributed by atoms with Crippen LogP contribution in [0.4, 0.5) is 5.69 Å². The minimum absolute atomic E-state index is 0.0680. The molecule has 13 heavy (non-hydrogen) atoms. The van der Waals surface area contributed by atoms with Crippen molar-refractivity contribution < 1.29 is 0 Å². The van der Waals surface area contributed by atoms with Crippen LogP contribution in [0.15, 0.2) is 18.2 Å². The maximum absolute atomic E-state index is 5.76. The van der Waals surface area contributed by atoms with Gasteiger partial charge in [-0.15, -0.1) is 0 Å². The molecule has 1 rings (SSSR count). The summed E-state index contributed by atoms with van der Waals surface area (Å²) in [5, 5.41) is 2.09. The van der Waals surface area contributed by atoms with Crippen molar-refractivity contribution in [2.24, 2.45) is 11.6 Å². The molecule has 70 valence electrons. The third-order valence-electron chi connectivity index (χ3n) is 1.42. The van der Waals surface area contributed by atoms with Crippen molar-refractivity contribution in [1.29, 1.82) is 0 Å². The summed E-state index contributed by atoms with van der Waals surface area (Å²) < 4.78 is 0. The first-order chi connectivity index (χ1) is 6.02. The van der Waals surface area contributed by atoms with Gasteiger partial charge in [-0.2, -0.15) is 0 Å². The lowest BCUT2D eigenvalue weighted by Crippen LogP contribution is -2.41. The van der Waals surface area contributed by atoms with Crippen LogP contribution in [-0.2, 0) is 0 Å². The van der Waals surface area contributed by atoms with Gasteiger partial charge in [0.25, 0.3) is 0 Å². The van der Waals surface area contributed by atoms with Gasteiger partial charge in [-0.1, -0.05) is 23.2 Å². The summed E-state index contributed by atoms with van der Waals surface area (Å²) in [6.07, 6.45) is 0. The monoisotopic (exact) mass is 235 g/mol. The molecule has 0 bridgehead atoms. The molecular formula is C7H7Cl2N3S. The zero-order valence-electron chi connectivity index (χ0n) is 6.50. The normalized spacial score (nSPS) is 9.77. The molecule has 0 aliphatic carbocycles. The van der Waals surface area contributed by atoms with Crippen molar-refractivity contribution in [1.82, 2.24) is 0 Å². The topological polar surface area (TPSA) is 55.3 Å². The predicted molar refractivity (Wildman–Crippen MR) is 59.9 cm³/mol. The summed E-state index contributed by atoms with van der Waals surface area (Å²) in [6, 6.07) is 4.88. The van der Waals surface area contributed by atoms with Crippen molar-refractivity contribution in [3.63, 3.8) is 0 Å². The van der Waals surface area contributed by atoms with Gasteiger partial charge in [0.2, 0.25) is 0 Å². The van der Waals surface area contributed by atoms with Crippen molar-refractivity contribution in [2.45, 2.75) is 0 Å². The van der Waals surface area contributed by atoms with E-state index in [0.717, 1.165) is 5.01 Å². The van der Waals surface area contributed by atoms with Crippen molar-refractivity contribution in [3.05, 3.63) is 28.2 Å². The van der Waals surface area contributed by atoms with Crippen LogP contribution in [0.2, 0.25) is 10.0 Å². The van der Waals surface area contributed by atoms with Crippen LogP contribution in [0.3, 0.4) is 0 Å². The molecule has 0 spiro atoms. The molecule has 1 aromatic rings. The van der Waals surface area contributed by atoms with Gasteiger partial charge in [0.05, 0.1) is 15.7 Å². The lowest BCUT2D eigenvalue weighted by Gasteiger charge is -2.16. The number of rotatable bonds is 1. The number of benzene rings is 1. The van der Waals surface area contributed by atoms with E-state index in [0.29, 0.717) is 15.7 Å². The highest BCUT2D eigenvalue weighted by molar-refractivity contribution is 7.80. The summed E-state index contributed by atoms with van der Waals surface area (Å²) in [4.78, 5) is 0. The van der Waals surface area contributed by atoms with Gasteiger partial charge in [0, 0.05) is 0 Å².